The zero-order valence-corrected chi connectivity index (χ0v) is 8.99. The molecule has 1 rings (SSSR count). The van der Waals surface area contributed by atoms with Crippen LogP contribution < -0.4 is 0 Å². The van der Waals surface area contributed by atoms with E-state index in [1.807, 2.05) is 0 Å². The molecule has 0 atom stereocenters. The maximum absolute atomic E-state index is 13.0. The second-order valence-electron chi connectivity index (χ2n) is 3.00. The zero-order chi connectivity index (χ0) is 9.84. The number of halogens is 2. The molecular weight excluding hydrogens is 211 g/mol. The molecule has 5 heteroatoms. The molecule has 13 heavy (non-hydrogen) atoms. The van der Waals surface area contributed by atoms with Gasteiger partial charge < -0.3 is 0 Å². The summed E-state index contributed by atoms with van der Waals surface area (Å²) >= 11 is 6.89. The smallest absolute Gasteiger partial charge is 0.223 e. The van der Waals surface area contributed by atoms with Crippen LogP contribution >= 0.6 is 23.4 Å². The van der Waals surface area contributed by atoms with Crippen LogP contribution in [0.3, 0.4) is 0 Å². The highest BCUT2D eigenvalue weighted by Gasteiger charge is 2.07. The summed E-state index contributed by atoms with van der Waals surface area (Å²) in [5.41, 5.74) is 0. The minimum atomic E-state index is -0.407. The van der Waals surface area contributed by atoms with Crippen LogP contribution in [0.1, 0.15) is 13.8 Å². The van der Waals surface area contributed by atoms with Gasteiger partial charge in [0.1, 0.15) is 5.03 Å². The topological polar surface area (TPSA) is 25.8 Å². The van der Waals surface area contributed by atoms with Crippen LogP contribution in [0.15, 0.2) is 11.2 Å². The summed E-state index contributed by atoms with van der Waals surface area (Å²) < 4.78 is 13.0. The van der Waals surface area contributed by atoms with Crippen molar-refractivity contribution in [2.45, 2.75) is 18.9 Å². The highest BCUT2D eigenvalue weighted by molar-refractivity contribution is 7.99. The fraction of sp³-hybridized carbons (Fsp3) is 0.500. The summed E-state index contributed by atoms with van der Waals surface area (Å²) in [6.07, 6.45) is 1.10. The Bertz CT molecular complexity index is 293. The molecule has 0 amide bonds. The summed E-state index contributed by atoms with van der Waals surface area (Å²) in [6, 6.07) is 0. The molecule has 0 aliphatic rings. The van der Waals surface area contributed by atoms with E-state index in [2.05, 4.69) is 23.8 Å². The monoisotopic (exact) mass is 220 g/mol. The lowest BCUT2D eigenvalue weighted by atomic mass is 10.3. The minimum Gasteiger partial charge on any atom is -0.223 e. The zero-order valence-electron chi connectivity index (χ0n) is 7.42. The van der Waals surface area contributed by atoms with Crippen LogP contribution in [-0.2, 0) is 0 Å². The first-order valence-electron chi connectivity index (χ1n) is 3.90. The normalized spacial score (nSPS) is 10.8. The molecule has 0 unspecified atom stereocenters. The number of thioether (sulfide) groups is 1. The van der Waals surface area contributed by atoms with Gasteiger partial charge in [0, 0.05) is 5.75 Å². The van der Waals surface area contributed by atoms with Gasteiger partial charge in [-0.2, -0.15) is 0 Å². The molecule has 0 saturated heterocycles. The Labute approximate surface area is 85.9 Å². The van der Waals surface area contributed by atoms with Crippen LogP contribution in [0.5, 0.6) is 0 Å². The molecule has 0 radical (unpaired) electrons. The SMILES string of the molecule is CC(C)CSc1nc(Cl)ncc1F. The van der Waals surface area contributed by atoms with Crippen LogP contribution in [0.2, 0.25) is 5.28 Å². The average molecular weight is 221 g/mol. The van der Waals surface area contributed by atoms with Crippen molar-refractivity contribution in [1.82, 2.24) is 9.97 Å². The maximum atomic E-state index is 13.0. The standard InChI is InChI=1S/C8H10ClFN2S/c1-5(2)4-13-7-6(10)3-11-8(9)12-7/h3,5H,4H2,1-2H3. The van der Waals surface area contributed by atoms with Gasteiger partial charge in [-0.05, 0) is 17.5 Å². The summed E-state index contributed by atoms with van der Waals surface area (Å²) in [5.74, 6) is 0.915. The van der Waals surface area contributed by atoms with Crippen LogP contribution in [0.25, 0.3) is 0 Å². The predicted molar refractivity (Wildman–Crippen MR) is 52.6 cm³/mol. The first-order chi connectivity index (χ1) is 6.09. The Morgan fingerprint density at radius 2 is 2.31 bits per heavy atom. The van der Waals surface area contributed by atoms with E-state index in [-0.39, 0.29) is 5.28 Å². The summed E-state index contributed by atoms with van der Waals surface area (Å²) in [5, 5.41) is 0.418. The van der Waals surface area contributed by atoms with Crippen molar-refractivity contribution in [2.75, 3.05) is 5.75 Å². The number of hydrogen-bond acceptors (Lipinski definition) is 3. The molecular formula is C8H10ClFN2S. The first kappa shape index (κ1) is 10.7. The summed E-state index contributed by atoms with van der Waals surface area (Å²) in [7, 11) is 0. The van der Waals surface area contributed by atoms with Gasteiger partial charge in [-0.3, -0.25) is 0 Å². The lowest BCUT2D eigenvalue weighted by Gasteiger charge is -2.04. The van der Waals surface area contributed by atoms with Gasteiger partial charge in [-0.15, -0.1) is 11.8 Å². The molecule has 1 aromatic rings. The number of hydrogen-bond donors (Lipinski definition) is 0. The molecule has 0 spiro atoms. The molecule has 0 aliphatic heterocycles. The molecule has 0 N–H and O–H groups in total. The molecule has 2 nitrogen and oxygen atoms in total. The Morgan fingerprint density at radius 1 is 1.62 bits per heavy atom. The number of nitrogens with zero attached hydrogens (tertiary/aromatic N) is 2. The minimum absolute atomic E-state index is 0.0904. The quantitative estimate of drug-likeness (QED) is 0.445. The molecule has 72 valence electrons. The van der Waals surface area contributed by atoms with Crippen molar-refractivity contribution in [1.29, 1.82) is 0 Å². The Morgan fingerprint density at radius 3 is 2.92 bits per heavy atom. The van der Waals surface area contributed by atoms with Gasteiger partial charge >= 0.3 is 0 Å². The second-order valence-corrected chi connectivity index (χ2v) is 4.34. The predicted octanol–water partition coefficient (Wildman–Crippen LogP) is 3.02. The average Bonchev–Trinajstić information content (AvgIpc) is 2.06. The maximum Gasteiger partial charge on any atom is 0.223 e. The number of rotatable bonds is 3. The first-order valence-corrected chi connectivity index (χ1v) is 5.26. The van der Waals surface area contributed by atoms with Crippen molar-refractivity contribution in [3.8, 4) is 0 Å². The van der Waals surface area contributed by atoms with Crippen LogP contribution in [0.4, 0.5) is 4.39 Å². The van der Waals surface area contributed by atoms with Crippen molar-refractivity contribution >= 4 is 23.4 Å². The Balaban J connectivity index is 2.70. The van der Waals surface area contributed by atoms with Crippen molar-refractivity contribution < 1.29 is 4.39 Å². The molecule has 0 saturated carbocycles. The molecule has 0 aliphatic carbocycles. The molecule has 0 bridgehead atoms. The highest BCUT2D eigenvalue weighted by Crippen LogP contribution is 2.21. The van der Waals surface area contributed by atoms with Crippen LogP contribution in [0, 0.1) is 11.7 Å². The third-order valence-electron chi connectivity index (χ3n) is 1.24. The van der Waals surface area contributed by atoms with E-state index in [1.165, 1.54) is 11.8 Å². The van der Waals surface area contributed by atoms with Crippen molar-refractivity contribution in [2.24, 2.45) is 5.92 Å². The fourth-order valence-electron chi connectivity index (χ4n) is 0.678. The van der Waals surface area contributed by atoms with Gasteiger partial charge in [0.05, 0.1) is 6.20 Å². The van der Waals surface area contributed by atoms with E-state index in [0.29, 0.717) is 10.9 Å². The highest BCUT2D eigenvalue weighted by atomic mass is 35.5. The van der Waals surface area contributed by atoms with E-state index < -0.39 is 5.82 Å². The van der Waals surface area contributed by atoms with E-state index in [9.17, 15) is 4.39 Å². The van der Waals surface area contributed by atoms with E-state index in [0.717, 1.165) is 11.9 Å². The van der Waals surface area contributed by atoms with Gasteiger partial charge in [-0.25, -0.2) is 14.4 Å². The lowest BCUT2D eigenvalue weighted by molar-refractivity contribution is 0.578. The lowest BCUT2D eigenvalue weighted by Crippen LogP contribution is -1.95. The van der Waals surface area contributed by atoms with Crippen molar-refractivity contribution in [3.05, 3.63) is 17.3 Å². The van der Waals surface area contributed by atoms with Crippen LogP contribution in [-0.4, -0.2) is 15.7 Å². The van der Waals surface area contributed by atoms with Crippen molar-refractivity contribution in [3.63, 3.8) is 0 Å². The second kappa shape index (κ2) is 4.77. The fourth-order valence-corrected chi connectivity index (χ4v) is 1.69. The Hall–Kier alpha value is -0.350. The third-order valence-corrected chi connectivity index (χ3v) is 2.81. The largest absolute Gasteiger partial charge is 0.223 e. The van der Waals surface area contributed by atoms with E-state index >= 15 is 0 Å². The molecule has 0 aromatic carbocycles. The van der Waals surface area contributed by atoms with E-state index in [4.69, 9.17) is 11.6 Å². The van der Waals surface area contributed by atoms with Gasteiger partial charge in [0.2, 0.25) is 5.28 Å². The molecule has 1 aromatic heterocycles. The molecule has 1 heterocycles. The van der Waals surface area contributed by atoms with Gasteiger partial charge in [-0.1, -0.05) is 13.8 Å². The Kier molecular flexibility index (Phi) is 3.93. The van der Waals surface area contributed by atoms with Gasteiger partial charge in [0.25, 0.3) is 0 Å². The van der Waals surface area contributed by atoms with Gasteiger partial charge in [0.15, 0.2) is 5.82 Å². The number of aromatic nitrogens is 2. The van der Waals surface area contributed by atoms with E-state index in [1.54, 1.807) is 0 Å². The molecule has 0 fully saturated rings. The third kappa shape index (κ3) is 3.48. The summed E-state index contributed by atoms with van der Waals surface area (Å²) in [6.45, 7) is 4.13. The summed E-state index contributed by atoms with van der Waals surface area (Å²) in [4.78, 5) is 7.32.